The van der Waals surface area contributed by atoms with E-state index in [0.29, 0.717) is 0 Å². The van der Waals surface area contributed by atoms with Gasteiger partial charge in [0.15, 0.2) is 0 Å². The molecule has 0 aliphatic carbocycles. The number of sulfonamides is 1. The van der Waals surface area contributed by atoms with Gasteiger partial charge < -0.3 is 10.0 Å². The van der Waals surface area contributed by atoms with Crippen molar-refractivity contribution in [3.8, 4) is 0 Å². The molecule has 0 aliphatic rings. The van der Waals surface area contributed by atoms with Gasteiger partial charge in [-0.3, -0.25) is 4.79 Å². The van der Waals surface area contributed by atoms with Gasteiger partial charge in [0.25, 0.3) is 0 Å². The highest BCUT2D eigenvalue weighted by Gasteiger charge is 2.30. The zero-order valence-corrected chi connectivity index (χ0v) is 13.0. The summed E-state index contributed by atoms with van der Waals surface area (Å²) in [4.78, 5) is 23.4. The molecule has 0 saturated carbocycles. The standard InChI is InChI=1S/C11H16N2O5S2/c1-4-13(7-9(14)12(2)3)20(17,18)8-5-6-19-10(8)11(15)16/h5-6H,4,7H2,1-3H3,(H,15,16). The molecule has 0 aliphatic heterocycles. The van der Waals surface area contributed by atoms with E-state index in [1.807, 2.05) is 0 Å². The Labute approximate surface area is 121 Å². The van der Waals surface area contributed by atoms with Crippen molar-refractivity contribution in [2.75, 3.05) is 27.2 Å². The highest BCUT2D eigenvalue weighted by atomic mass is 32.2. The van der Waals surface area contributed by atoms with E-state index in [0.717, 1.165) is 15.6 Å². The quantitative estimate of drug-likeness (QED) is 0.825. The molecular weight excluding hydrogens is 304 g/mol. The monoisotopic (exact) mass is 320 g/mol. The summed E-state index contributed by atoms with van der Waals surface area (Å²) in [5, 5.41) is 10.4. The number of carboxylic acids is 1. The summed E-state index contributed by atoms with van der Waals surface area (Å²) in [7, 11) is -0.949. The molecule has 112 valence electrons. The SMILES string of the molecule is CCN(CC(=O)N(C)C)S(=O)(=O)c1ccsc1C(=O)O. The lowest BCUT2D eigenvalue weighted by Crippen LogP contribution is -2.40. The molecule has 1 aromatic rings. The van der Waals surface area contributed by atoms with Gasteiger partial charge in [-0.1, -0.05) is 6.92 Å². The summed E-state index contributed by atoms with van der Waals surface area (Å²) in [6.45, 7) is 1.35. The Bertz CT molecular complexity index is 606. The van der Waals surface area contributed by atoms with Crippen molar-refractivity contribution in [1.29, 1.82) is 0 Å². The number of hydrogen-bond acceptors (Lipinski definition) is 5. The normalized spacial score (nSPS) is 11.6. The second kappa shape index (κ2) is 6.33. The molecule has 1 rings (SSSR count). The van der Waals surface area contributed by atoms with Gasteiger partial charge in [-0.15, -0.1) is 11.3 Å². The van der Waals surface area contributed by atoms with Crippen molar-refractivity contribution in [1.82, 2.24) is 9.21 Å². The van der Waals surface area contributed by atoms with Crippen molar-refractivity contribution in [2.45, 2.75) is 11.8 Å². The largest absolute Gasteiger partial charge is 0.477 e. The molecule has 1 N–H and O–H groups in total. The smallest absolute Gasteiger partial charge is 0.347 e. The second-order valence-corrected chi connectivity index (χ2v) is 6.96. The van der Waals surface area contributed by atoms with Crippen LogP contribution in [0.25, 0.3) is 0 Å². The molecular formula is C11H16N2O5S2. The maximum Gasteiger partial charge on any atom is 0.347 e. The molecule has 1 heterocycles. The van der Waals surface area contributed by atoms with Crippen LogP contribution < -0.4 is 0 Å². The molecule has 0 atom stereocenters. The third kappa shape index (κ3) is 3.35. The molecule has 0 bridgehead atoms. The minimum atomic E-state index is -4.00. The van der Waals surface area contributed by atoms with Gasteiger partial charge in [0, 0.05) is 20.6 Å². The average Bonchev–Trinajstić information content (AvgIpc) is 2.84. The fourth-order valence-electron chi connectivity index (χ4n) is 1.45. The molecule has 1 amide bonds. The molecule has 0 unspecified atom stereocenters. The zero-order chi connectivity index (χ0) is 15.5. The van der Waals surface area contributed by atoms with Crippen molar-refractivity contribution in [3.05, 3.63) is 16.3 Å². The fraction of sp³-hybridized carbons (Fsp3) is 0.455. The van der Waals surface area contributed by atoms with Crippen LogP contribution in [-0.4, -0.2) is 61.8 Å². The Hall–Kier alpha value is -1.45. The van der Waals surface area contributed by atoms with Gasteiger partial charge in [-0.25, -0.2) is 13.2 Å². The Morgan fingerprint density at radius 1 is 1.35 bits per heavy atom. The lowest BCUT2D eigenvalue weighted by Gasteiger charge is -2.21. The van der Waals surface area contributed by atoms with Crippen LogP contribution in [0.3, 0.4) is 0 Å². The highest BCUT2D eigenvalue weighted by Crippen LogP contribution is 2.25. The Morgan fingerprint density at radius 3 is 2.40 bits per heavy atom. The predicted molar refractivity (Wildman–Crippen MR) is 74.4 cm³/mol. The van der Waals surface area contributed by atoms with E-state index in [1.165, 1.54) is 30.4 Å². The number of hydrogen-bond donors (Lipinski definition) is 1. The van der Waals surface area contributed by atoms with Gasteiger partial charge in [0.2, 0.25) is 15.9 Å². The number of rotatable bonds is 6. The molecule has 0 radical (unpaired) electrons. The molecule has 0 fully saturated rings. The summed E-state index contributed by atoms with van der Waals surface area (Å²) in [5.41, 5.74) is 0. The van der Waals surface area contributed by atoms with E-state index in [9.17, 15) is 18.0 Å². The van der Waals surface area contributed by atoms with Crippen molar-refractivity contribution in [2.24, 2.45) is 0 Å². The first-order chi connectivity index (χ1) is 9.21. The third-order valence-electron chi connectivity index (χ3n) is 2.60. The van der Waals surface area contributed by atoms with Crippen LogP contribution in [0.5, 0.6) is 0 Å². The number of likely N-dealkylation sites (N-methyl/N-ethyl adjacent to an activating group) is 2. The van der Waals surface area contributed by atoms with Gasteiger partial charge in [-0.2, -0.15) is 4.31 Å². The van der Waals surface area contributed by atoms with E-state index in [-0.39, 0.29) is 28.8 Å². The predicted octanol–water partition coefficient (Wildman–Crippen LogP) is 0.545. The number of carbonyl (C=O) groups is 2. The molecule has 1 aromatic heterocycles. The minimum Gasteiger partial charge on any atom is -0.477 e. The fourth-order valence-corrected chi connectivity index (χ4v) is 4.09. The van der Waals surface area contributed by atoms with E-state index < -0.39 is 16.0 Å². The van der Waals surface area contributed by atoms with Crippen LogP contribution in [0.4, 0.5) is 0 Å². The molecule has 0 aromatic carbocycles. The Morgan fingerprint density at radius 2 is 1.95 bits per heavy atom. The van der Waals surface area contributed by atoms with Crippen molar-refractivity contribution in [3.63, 3.8) is 0 Å². The molecule has 20 heavy (non-hydrogen) atoms. The number of nitrogens with zero attached hydrogens (tertiary/aromatic N) is 2. The first-order valence-electron chi connectivity index (χ1n) is 5.72. The first kappa shape index (κ1) is 16.6. The van der Waals surface area contributed by atoms with E-state index in [2.05, 4.69) is 0 Å². The van der Waals surface area contributed by atoms with Crippen LogP contribution >= 0.6 is 11.3 Å². The highest BCUT2D eigenvalue weighted by molar-refractivity contribution is 7.89. The number of amides is 1. The molecule has 0 saturated heterocycles. The van der Waals surface area contributed by atoms with Gasteiger partial charge in [0.05, 0.1) is 6.54 Å². The summed E-state index contributed by atoms with van der Waals surface area (Å²) in [6, 6.07) is 1.24. The number of carbonyl (C=O) groups excluding carboxylic acids is 1. The van der Waals surface area contributed by atoms with Crippen LogP contribution in [-0.2, 0) is 14.8 Å². The topological polar surface area (TPSA) is 95.0 Å². The molecule has 7 nitrogen and oxygen atoms in total. The van der Waals surface area contributed by atoms with Crippen LogP contribution in [0.15, 0.2) is 16.3 Å². The maximum atomic E-state index is 12.4. The van der Waals surface area contributed by atoms with Crippen molar-refractivity contribution >= 4 is 33.2 Å². The van der Waals surface area contributed by atoms with Crippen LogP contribution in [0, 0.1) is 0 Å². The second-order valence-electron chi connectivity index (χ2n) is 4.14. The van der Waals surface area contributed by atoms with Crippen LogP contribution in [0.2, 0.25) is 0 Å². The summed E-state index contributed by atoms with van der Waals surface area (Å²) < 4.78 is 25.8. The summed E-state index contributed by atoms with van der Waals surface area (Å²) >= 11 is 0.837. The Balaban J connectivity index is 3.16. The first-order valence-corrected chi connectivity index (χ1v) is 8.04. The van der Waals surface area contributed by atoms with Gasteiger partial charge in [0.1, 0.15) is 9.77 Å². The zero-order valence-electron chi connectivity index (χ0n) is 11.4. The van der Waals surface area contributed by atoms with Crippen LogP contribution in [0.1, 0.15) is 16.6 Å². The number of carboxylic acid groups (broad SMARTS) is 1. The van der Waals surface area contributed by atoms with E-state index >= 15 is 0 Å². The Kier molecular flexibility index (Phi) is 5.26. The molecule has 9 heteroatoms. The van der Waals surface area contributed by atoms with Crippen molar-refractivity contribution < 1.29 is 23.1 Å². The third-order valence-corrected chi connectivity index (χ3v) is 5.60. The minimum absolute atomic E-state index is 0.0802. The summed E-state index contributed by atoms with van der Waals surface area (Å²) in [6.07, 6.45) is 0. The number of thiophene rings is 1. The van der Waals surface area contributed by atoms with Gasteiger partial charge >= 0.3 is 5.97 Å². The molecule has 0 spiro atoms. The average molecular weight is 320 g/mol. The van der Waals surface area contributed by atoms with E-state index in [4.69, 9.17) is 5.11 Å². The lowest BCUT2D eigenvalue weighted by atomic mass is 10.5. The van der Waals surface area contributed by atoms with Gasteiger partial charge in [-0.05, 0) is 11.4 Å². The summed E-state index contributed by atoms with van der Waals surface area (Å²) in [5.74, 6) is -1.67. The number of aromatic carboxylic acids is 1. The van der Waals surface area contributed by atoms with E-state index in [1.54, 1.807) is 6.92 Å². The maximum absolute atomic E-state index is 12.4. The lowest BCUT2D eigenvalue weighted by molar-refractivity contribution is -0.128.